The van der Waals surface area contributed by atoms with Crippen molar-refractivity contribution in [2.24, 2.45) is 11.8 Å². The van der Waals surface area contributed by atoms with Crippen LogP contribution in [0.3, 0.4) is 0 Å². The van der Waals surface area contributed by atoms with E-state index in [1.54, 1.807) is 17.4 Å². The number of carbonyl (C=O) groups is 2. The smallest absolute Gasteiger partial charge is 0.243 e. The lowest BCUT2D eigenvalue weighted by molar-refractivity contribution is -0.141. The van der Waals surface area contributed by atoms with Crippen molar-refractivity contribution in [1.82, 2.24) is 40.4 Å². The number of amides is 2. The summed E-state index contributed by atoms with van der Waals surface area (Å²) in [7, 11) is 0. The molecular weight excluding hydrogens is 841 g/mol. The van der Waals surface area contributed by atoms with Crippen LogP contribution in [0.1, 0.15) is 81.1 Å². The number of aromatic nitrogens is 4. The van der Waals surface area contributed by atoms with Crippen molar-refractivity contribution in [1.29, 1.82) is 0 Å². The molecule has 0 aliphatic carbocycles. The quantitative estimate of drug-likeness (QED) is 0.101. The minimum absolute atomic E-state index is 0.0934. The molecule has 15 nitrogen and oxygen atoms in total. The Hall–Kier alpha value is -5.42. The SMILES string of the molecule is Cc1ncsc1-c1ccc([C@H](C)NC(=O)[C@@H]2C[C@@H](O)CN2C(=O)[C@@H](c2cc(CCCN3CCC[C@@H](CN4CCN5c6cc(-c7ccccc7O)nnc6NC[C@@H]5C4)C3)no2)C(C)C)cc1. The number of nitrogens with one attached hydrogen (secondary N) is 2. The number of aliphatic hydroxyl groups is 1. The molecule has 3 fully saturated rings. The van der Waals surface area contributed by atoms with Crippen LogP contribution in [0, 0.1) is 18.8 Å². The van der Waals surface area contributed by atoms with E-state index in [0.717, 1.165) is 104 Å². The second-order valence-corrected chi connectivity index (χ2v) is 19.7. The number of nitrogens with zero attached hydrogens (tertiary/aromatic N) is 8. The number of aliphatic hydroxyl groups excluding tert-OH is 1. The van der Waals surface area contributed by atoms with Gasteiger partial charge >= 0.3 is 0 Å². The highest BCUT2D eigenvalue weighted by Gasteiger charge is 2.43. The number of anilines is 2. The number of piperazine rings is 1. The summed E-state index contributed by atoms with van der Waals surface area (Å²) < 4.78 is 5.88. The first kappa shape index (κ1) is 44.8. The number of hydrogen-bond donors (Lipinski definition) is 4. The molecule has 9 rings (SSSR count). The number of hydrogen-bond acceptors (Lipinski definition) is 14. The monoisotopic (exact) mass is 902 g/mol. The first-order valence-corrected chi connectivity index (χ1v) is 24.2. The standard InChI is InChI=1S/C49H62N10O5S/c1-30(2)45(49(63)59-28-38(60)22-42(59)48(62)52-31(3)34-13-15-35(16-14-34)46-32(4)51-29-65-46)44-21-36(55-64-44)10-8-18-56-17-7-9-33(25-56)26-57-19-20-58-37(27-57)24-50-47-41(58)23-40(53-54-47)39-11-5-6-12-43(39)61/h5-6,11-16,21,23,29-31,33,37-38,42,45,60-61H,7-10,17-20,22,24-28H2,1-4H3,(H,50,54)(H,52,62)/t31-,33+,37+,38+,42-,45+/m0/s1. The summed E-state index contributed by atoms with van der Waals surface area (Å²) >= 11 is 1.60. The summed E-state index contributed by atoms with van der Waals surface area (Å²) in [4.78, 5) is 42.7. The Bertz CT molecular complexity index is 2440. The van der Waals surface area contributed by atoms with Crippen LogP contribution in [0.15, 0.2) is 70.7 Å². The fourth-order valence-corrected chi connectivity index (χ4v) is 11.2. The number of aryl methyl sites for hydroxylation is 2. The van der Waals surface area contributed by atoms with Gasteiger partial charge in [-0.1, -0.05) is 55.4 Å². The molecule has 0 unspecified atom stereocenters. The van der Waals surface area contributed by atoms with Crippen LogP contribution in [0.5, 0.6) is 5.75 Å². The highest BCUT2D eigenvalue weighted by Crippen LogP contribution is 2.37. The van der Waals surface area contributed by atoms with E-state index < -0.39 is 18.1 Å². The summed E-state index contributed by atoms with van der Waals surface area (Å²) in [5.74, 6) is 0.871. The van der Waals surface area contributed by atoms with Crippen LogP contribution >= 0.6 is 11.3 Å². The van der Waals surface area contributed by atoms with Gasteiger partial charge in [0, 0.05) is 63.9 Å². The summed E-state index contributed by atoms with van der Waals surface area (Å²) in [5.41, 5.74) is 8.11. The topological polar surface area (TPSA) is 176 Å². The first-order valence-electron chi connectivity index (χ1n) is 23.3. The fraction of sp³-hybridized carbons (Fsp3) is 0.510. The second-order valence-electron chi connectivity index (χ2n) is 18.8. The molecule has 2 amide bonds. The van der Waals surface area contributed by atoms with Gasteiger partial charge in [-0.25, -0.2) is 4.98 Å². The summed E-state index contributed by atoms with van der Waals surface area (Å²) in [6, 6.07) is 18.6. The lowest BCUT2D eigenvalue weighted by Gasteiger charge is -2.47. The first-order chi connectivity index (χ1) is 31.5. The molecule has 4 aliphatic rings. The molecule has 6 atom stereocenters. The van der Waals surface area contributed by atoms with Crippen molar-refractivity contribution in [3.05, 3.63) is 88.9 Å². The number of aromatic hydroxyl groups is 1. The molecule has 344 valence electrons. The molecule has 3 saturated heterocycles. The van der Waals surface area contributed by atoms with E-state index in [1.807, 2.05) is 81.7 Å². The molecule has 65 heavy (non-hydrogen) atoms. The highest BCUT2D eigenvalue weighted by molar-refractivity contribution is 7.13. The largest absolute Gasteiger partial charge is 0.507 e. The van der Waals surface area contributed by atoms with E-state index in [9.17, 15) is 19.8 Å². The summed E-state index contributed by atoms with van der Waals surface area (Å²) in [5, 5.41) is 41.1. The number of phenolic OH excluding ortho intramolecular Hbond substituents is 1. The minimum Gasteiger partial charge on any atom is -0.507 e. The molecule has 4 N–H and O–H groups in total. The maximum Gasteiger partial charge on any atom is 0.243 e. The Balaban J connectivity index is 0.750. The van der Waals surface area contributed by atoms with E-state index in [2.05, 4.69) is 51.7 Å². The van der Waals surface area contributed by atoms with Gasteiger partial charge in [0.1, 0.15) is 23.5 Å². The van der Waals surface area contributed by atoms with Crippen LogP contribution in [-0.2, 0) is 16.0 Å². The Morgan fingerprint density at radius 2 is 1.83 bits per heavy atom. The van der Waals surface area contributed by atoms with Crippen molar-refractivity contribution in [3.8, 4) is 27.4 Å². The number of carbonyl (C=O) groups excluding carboxylic acids is 2. The van der Waals surface area contributed by atoms with Gasteiger partial charge < -0.3 is 40.1 Å². The predicted octanol–water partition coefficient (Wildman–Crippen LogP) is 6.11. The van der Waals surface area contributed by atoms with Crippen molar-refractivity contribution >= 4 is 34.7 Å². The number of likely N-dealkylation sites (tertiary alicyclic amines) is 2. The van der Waals surface area contributed by atoms with Gasteiger partial charge in [-0.15, -0.1) is 21.5 Å². The number of rotatable bonds is 14. The Labute approximate surface area is 385 Å². The maximum absolute atomic E-state index is 14.3. The third-order valence-electron chi connectivity index (χ3n) is 13.8. The molecule has 7 heterocycles. The van der Waals surface area contributed by atoms with Crippen molar-refractivity contribution in [3.63, 3.8) is 0 Å². The summed E-state index contributed by atoms with van der Waals surface area (Å²) in [6.07, 6.45) is 3.49. The zero-order valence-corrected chi connectivity index (χ0v) is 38.7. The van der Waals surface area contributed by atoms with E-state index in [-0.39, 0.29) is 42.5 Å². The zero-order valence-electron chi connectivity index (χ0n) is 37.9. The third-order valence-corrected chi connectivity index (χ3v) is 14.8. The third kappa shape index (κ3) is 9.91. The van der Waals surface area contributed by atoms with E-state index in [0.29, 0.717) is 29.0 Å². The lowest BCUT2D eigenvalue weighted by Crippen LogP contribution is -2.58. The van der Waals surface area contributed by atoms with Crippen LogP contribution in [0.4, 0.5) is 11.5 Å². The zero-order chi connectivity index (χ0) is 45.2. The molecule has 16 heteroatoms. The minimum atomic E-state index is -0.792. The van der Waals surface area contributed by atoms with Crippen molar-refractivity contribution < 1.29 is 24.3 Å². The molecule has 0 bridgehead atoms. The predicted molar refractivity (Wildman–Crippen MR) is 252 cm³/mol. The molecule has 5 aromatic rings. The fourth-order valence-electron chi connectivity index (χ4n) is 10.4. The average Bonchev–Trinajstić information content (AvgIpc) is 4.06. The van der Waals surface area contributed by atoms with Crippen molar-refractivity contribution in [2.75, 3.05) is 69.1 Å². The second kappa shape index (κ2) is 19.6. The molecule has 0 saturated carbocycles. The van der Waals surface area contributed by atoms with Crippen LogP contribution in [0.2, 0.25) is 0 Å². The highest BCUT2D eigenvalue weighted by atomic mass is 32.1. The molecule has 0 spiro atoms. The van der Waals surface area contributed by atoms with E-state index >= 15 is 0 Å². The van der Waals surface area contributed by atoms with Crippen LogP contribution in [-0.4, -0.2) is 134 Å². The van der Waals surface area contributed by atoms with Gasteiger partial charge in [-0.2, -0.15) is 0 Å². The average molecular weight is 903 g/mol. The van der Waals surface area contributed by atoms with Gasteiger partial charge in [0.05, 0.1) is 51.3 Å². The number of phenols is 1. The number of piperidine rings is 1. The lowest BCUT2D eigenvalue weighted by atomic mass is 9.91. The molecule has 3 aromatic heterocycles. The molecule has 2 aromatic carbocycles. The van der Waals surface area contributed by atoms with Gasteiger partial charge in [0.2, 0.25) is 11.8 Å². The van der Waals surface area contributed by atoms with E-state index in [4.69, 9.17) is 4.52 Å². The van der Waals surface area contributed by atoms with Crippen LogP contribution < -0.4 is 15.5 Å². The Morgan fingerprint density at radius 1 is 1.00 bits per heavy atom. The van der Waals surface area contributed by atoms with Gasteiger partial charge in [0.25, 0.3) is 0 Å². The number of benzene rings is 2. The number of β-amino-alcohol motifs (C(OH)–C–C–N with tert-alkyl or cyclic N) is 1. The van der Waals surface area contributed by atoms with Crippen molar-refractivity contribution in [2.45, 2.75) is 89.9 Å². The number of para-hydroxylation sites is 1. The Kier molecular flexibility index (Phi) is 13.5. The maximum atomic E-state index is 14.3. The van der Waals surface area contributed by atoms with Crippen LogP contribution in [0.25, 0.3) is 21.7 Å². The van der Waals surface area contributed by atoms with Gasteiger partial charge in [0.15, 0.2) is 5.82 Å². The molecular formula is C49H62N10O5S. The Morgan fingerprint density at radius 3 is 2.62 bits per heavy atom. The number of thiazole rings is 1. The summed E-state index contributed by atoms with van der Waals surface area (Å²) in [6.45, 7) is 15.9. The molecule has 4 aliphatic heterocycles. The van der Waals surface area contributed by atoms with E-state index in [1.165, 1.54) is 17.7 Å². The molecule has 0 radical (unpaired) electrons. The number of fused-ring (bicyclic) bond motifs is 3. The normalized spacial score (nSPS) is 22.3. The van der Waals surface area contributed by atoms with Gasteiger partial charge in [-0.05, 0) is 93.8 Å². The van der Waals surface area contributed by atoms with Gasteiger partial charge in [-0.3, -0.25) is 14.5 Å².